The van der Waals surface area contributed by atoms with E-state index in [2.05, 4.69) is 109 Å². The minimum Gasteiger partial charge on any atom is -0.377 e. The van der Waals surface area contributed by atoms with Crippen LogP contribution in [0.25, 0.3) is 16.9 Å². The maximum atomic E-state index is 5.18. The van der Waals surface area contributed by atoms with Crippen molar-refractivity contribution in [3.8, 4) is 16.9 Å². The first-order valence-corrected chi connectivity index (χ1v) is 11.9. The maximum absolute atomic E-state index is 5.18. The number of aromatic nitrogens is 2. The van der Waals surface area contributed by atoms with Crippen molar-refractivity contribution >= 4 is 17.4 Å². The molecule has 2 aliphatic rings. The number of nitrogens with zero attached hydrogens (tertiary/aromatic N) is 2. The van der Waals surface area contributed by atoms with E-state index in [1.165, 1.54) is 27.4 Å². The lowest BCUT2D eigenvalue weighted by Crippen LogP contribution is -2.44. The SMILES string of the molecule is CC1(C)c2ccccc2N[C@H]2c3c(-c4ccccc4)nn(-c4ccccc4)c3SC[C@H]21. The highest BCUT2D eigenvalue weighted by Crippen LogP contribution is 2.56. The molecule has 6 rings (SSSR count). The highest BCUT2D eigenvalue weighted by molar-refractivity contribution is 7.99. The van der Waals surface area contributed by atoms with Crippen molar-refractivity contribution in [1.82, 2.24) is 9.78 Å². The van der Waals surface area contributed by atoms with Crippen molar-refractivity contribution in [2.24, 2.45) is 5.92 Å². The van der Waals surface area contributed by atoms with Gasteiger partial charge >= 0.3 is 0 Å². The Bertz CT molecular complexity index is 1240. The number of rotatable bonds is 2. The highest BCUT2D eigenvalue weighted by Gasteiger charge is 2.47. The van der Waals surface area contributed by atoms with Crippen LogP contribution in [0.3, 0.4) is 0 Å². The zero-order valence-corrected chi connectivity index (χ0v) is 18.6. The fraction of sp³-hybridized carbons (Fsp3) is 0.222. The normalized spacial score (nSPS) is 20.8. The summed E-state index contributed by atoms with van der Waals surface area (Å²) in [4.78, 5) is 0. The lowest BCUT2D eigenvalue weighted by molar-refractivity contribution is 0.293. The minimum atomic E-state index is 0.0833. The summed E-state index contributed by atoms with van der Waals surface area (Å²) in [7, 11) is 0. The molecule has 31 heavy (non-hydrogen) atoms. The number of thioether (sulfide) groups is 1. The molecule has 0 unspecified atom stereocenters. The van der Waals surface area contributed by atoms with Gasteiger partial charge in [-0.1, -0.05) is 80.6 Å². The van der Waals surface area contributed by atoms with Gasteiger partial charge < -0.3 is 5.32 Å². The Morgan fingerprint density at radius 3 is 2.35 bits per heavy atom. The number of benzene rings is 3. The molecule has 3 heterocycles. The average Bonchev–Trinajstić information content (AvgIpc) is 3.21. The Morgan fingerprint density at radius 2 is 1.58 bits per heavy atom. The number of nitrogens with one attached hydrogen (secondary N) is 1. The van der Waals surface area contributed by atoms with Gasteiger partial charge in [-0.3, -0.25) is 0 Å². The fourth-order valence-corrected chi connectivity index (χ4v) is 6.78. The maximum Gasteiger partial charge on any atom is 0.106 e. The lowest BCUT2D eigenvalue weighted by Gasteiger charge is -2.48. The second-order valence-electron chi connectivity index (χ2n) is 8.99. The van der Waals surface area contributed by atoms with Crippen molar-refractivity contribution in [2.45, 2.75) is 30.3 Å². The van der Waals surface area contributed by atoms with Gasteiger partial charge in [0.25, 0.3) is 0 Å². The molecule has 4 heteroatoms. The van der Waals surface area contributed by atoms with E-state index in [-0.39, 0.29) is 11.5 Å². The van der Waals surface area contributed by atoms with E-state index in [0.717, 1.165) is 17.1 Å². The van der Waals surface area contributed by atoms with Crippen LogP contribution in [-0.2, 0) is 5.41 Å². The van der Waals surface area contributed by atoms with Gasteiger partial charge in [-0.2, -0.15) is 5.10 Å². The highest BCUT2D eigenvalue weighted by atomic mass is 32.2. The molecule has 0 fully saturated rings. The van der Waals surface area contributed by atoms with Crippen molar-refractivity contribution in [2.75, 3.05) is 11.1 Å². The molecule has 0 radical (unpaired) electrons. The molecule has 4 aromatic rings. The van der Waals surface area contributed by atoms with E-state index in [1.54, 1.807) is 0 Å². The van der Waals surface area contributed by atoms with Gasteiger partial charge in [-0.15, -0.1) is 11.8 Å². The van der Waals surface area contributed by atoms with Crippen LogP contribution in [0.5, 0.6) is 0 Å². The molecule has 0 aliphatic carbocycles. The van der Waals surface area contributed by atoms with Crippen LogP contribution >= 0.6 is 11.8 Å². The van der Waals surface area contributed by atoms with Crippen LogP contribution in [-0.4, -0.2) is 15.5 Å². The second kappa shape index (κ2) is 7.03. The van der Waals surface area contributed by atoms with Crippen LogP contribution in [0.4, 0.5) is 5.69 Å². The first-order chi connectivity index (χ1) is 15.1. The average molecular weight is 424 g/mol. The molecule has 2 atom stereocenters. The first-order valence-electron chi connectivity index (χ1n) is 10.9. The van der Waals surface area contributed by atoms with E-state index in [9.17, 15) is 0 Å². The van der Waals surface area contributed by atoms with Gasteiger partial charge in [0.1, 0.15) is 5.03 Å². The van der Waals surface area contributed by atoms with Crippen LogP contribution in [0.2, 0.25) is 0 Å². The molecule has 1 aromatic heterocycles. The number of fused-ring (bicyclic) bond motifs is 4. The monoisotopic (exact) mass is 423 g/mol. The Labute approximate surface area is 187 Å². The van der Waals surface area contributed by atoms with Gasteiger partial charge in [0.2, 0.25) is 0 Å². The number of para-hydroxylation sites is 2. The molecule has 1 N–H and O–H groups in total. The van der Waals surface area contributed by atoms with Gasteiger partial charge in [0.15, 0.2) is 0 Å². The van der Waals surface area contributed by atoms with Gasteiger partial charge in [-0.05, 0) is 29.2 Å². The molecule has 3 nitrogen and oxygen atoms in total. The van der Waals surface area contributed by atoms with Crippen molar-refractivity contribution in [1.29, 1.82) is 0 Å². The molecule has 0 amide bonds. The summed E-state index contributed by atoms with van der Waals surface area (Å²) >= 11 is 1.95. The Balaban J connectivity index is 1.59. The quantitative estimate of drug-likeness (QED) is 0.389. The van der Waals surface area contributed by atoms with E-state index in [1.807, 2.05) is 11.8 Å². The third-order valence-corrected chi connectivity index (χ3v) is 8.09. The van der Waals surface area contributed by atoms with Crippen LogP contribution in [0.1, 0.15) is 31.0 Å². The molecule has 0 bridgehead atoms. The Morgan fingerprint density at radius 1 is 0.903 bits per heavy atom. The third kappa shape index (κ3) is 2.85. The molecule has 0 saturated carbocycles. The first kappa shape index (κ1) is 18.8. The summed E-state index contributed by atoms with van der Waals surface area (Å²) in [6.07, 6.45) is 0. The van der Waals surface area contributed by atoms with E-state index < -0.39 is 0 Å². The summed E-state index contributed by atoms with van der Waals surface area (Å²) in [5, 5.41) is 10.4. The molecule has 154 valence electrons. The summed E-state index contributed by atoms with van der Waals surface area (Å²) in [6.45, 7) is 4.80. The minimum absolute atomic E-state index is 0.0833. The van der Waals surface area contributed by atoms with Crippen molar-refractivity contribution in [3.63, 3.8) is 0 Å². The van der Waals surface area contributed by atoms with Gasteiger partial charge in [0, 0.05) is 28.5 Å². The van der Waals surface area contributed by atoms with E-state index in [0.29, 0.717) is 5.92 Å². The largest absolute Gasteiger partial charge is 0.377 e. The van der Waals surface area contributed by atoms with E-state index >= 15 is 0 Å². The summed E-state index contributed by atoms with van der Waals surface area (Å²) in [5.41, 5.74) is 7.45. The van der Waals surface area contributed by atoms with Gasteiger partial charge in [0.05, 0.1) is 17.4 Å². The predicted octanol–water partition coefficient (Wildman–Crippen LogP) is 6.71. The molecule has 2 aliphatic heterocycles. The van der Waals surface area contributed by atoms with Crippen LogP contribution < -0.4 is 5.32 Å². The zero-order chi connectivity index (χ0) is 21.0. The standard InChI is InChI=1S/C27H25N3S/c1-27(2)20-15-9-10-16-22(20)28-25-21(27)17-31-26-23(25)24(18-11-5-3-6-12-18)29-30(26)19-13-7-4-8-14-19/h3-16,21,25,28H,17H2,1-2H3/t21-,25-/m1/s1. The lowest BCUT2D eigenvalue weighted by atomic mass is 9.66. The van der Waals surface area contributed by atoms with Crippen molar-refractivity contribution < 1.29 is 0 Å². The zero-order valence-electron chi connectivity index (χ0n) is 17.7. The molecule has 0 saturated heterocycles. The predicted molar refractivity (Wildman–Crippen MR) is 129 cm³/mol. The Kier molecular flexibility index (Phi) is 4.25. The number of hydrogen-bond acceptors (Lipinski definition) is 3. The molecular weight excluding hydrogens is 398 g/mol. The summed E-state index contributed by atoms with van der Waals surface area (Å²) in [6, 6.07) is 30.2. The summed E-state index contributed by atoms with van der Waals surface area (Å²) < 4.78 is 2.15. The van der Waals surface area contributed by atoms with Crippen LogP contribution in [0.15, 0.2) is 90.0 Å². The van der Waals surface area contributed by atoms with Crippen LogP contribution in [0, 0.1) is 5.92 Å². The van der Waals surface area contributed by atoms with Gasteiger partial charge in [-0.25, -0.2) is 4.68 Å². The molecule has 3 aromatic carbocycles. The molecule has 0 spiro atoms. The summed E-state index contributed by atoms with van der Waals surface area (Å²) in [5.74, 6) is 1.55. The molecular formula is C27H25N3S. The fourth-order valence-electron chi connectivity index (χ4n) is 5.19. The number of hydrogen-bond donors (Lipinski definition) is 1. The third-order valence-electron chi connectivity index (χ3n) is 6.90. The smallest absolute Gasteiger partial charge is 0.106 e. The van der Waals surface area contributed by atoms with E-state index in [4.69, 9.17) is 5.10 Å². The topological polar surface area (TPSA) is 29.9 Å². The Hall–Kier alpha value is -2.98. The second-order valence-corrected chi connectivity index (χ2v) is 10.00. The van der Waals surface area contributed by atoms with Crippen molar-refractivity contribution in [3.05, 3.63) is 96.1 Å². The number of anilines is 1.